The van der Waals surface area contributed by atoms with Crippen LogP contribution in [-0.4, -0.2) is 30.9 Å². The maximum absolute atomic E-state index is 10.3. The third kappa shape index (κ3) is 2.19. The number of hydrogen-bond donors (Lipinski definition) is 1. The van der Waals surface area contributed by atoms with Crippen LogP contribution in [0.4, 0.5) is 5.69 Å². The van der Waals surface area contributed by atoms with E-state index in [1.807, 2.05) is 44.2 Å². The molecule has 6 heteroatoms. The second-order valence-electron chi connectivity index (χ2n) is 5.62. The van der Waals surface area contributed by atoms with Crippen LogP contribution < -0.4 is 0 Å². The average Bonchev–Trinajstić information content (AvgIpc) is 3.15. The predicted molar refractivity (Wildman–Crippen MR) is 93.7 cm³/mol. The molecule has 0 aliphatic carbocycles. The lowest BCUT2D eigenvalue weighted by Gasteiger charge is -2.05. The van der Waals surface area contributed by atoms with E-state index in [1.54, 1.807) is 10.7 Å². The van der Waals surface area contributed by atoms with Crippen molar-refractivity contribution in [1.82, 2.24) is 19.6 Å². The largest absolute Gasteiger partial charge is 0.492 e. The van der Waals surface area contributed by atoms with Gasteiger partial charge in [0.15, 0.2) is 0 Å². The van der Waals surface area contributed by atoms with Crippen molar-refractivity contribution in [2.45, 2.75) is 26.7 Å². The molecule has 0 saturated heterocycles. The lowest BCUT2D eigenvalue weighted by molar-refractivity contribution is 0.455. The van der Waals surface area contributed by atoms with Gasteiger partial charge in [-0.05, 0) is 25.0 Å². The van der Waals surface area contributed by atoms with Gasteiger partial charge in [0.1, 0.15) is 5.69 Å². The number of rotatable bonds is 3. The molecule has 0 amide bonds. The fraction of sp³-hybridized carbons (Fsp3) is 0.222. The Kier molecular flexibility index (Phi) is 3.37. The maximum atomic E-state index is 10.3. The number of imidazole rings is 1. The highest BCUT2D eigenvalue weighted by Crippen LogP contribution is 2.33. The minimum Gasteiger partial charge on any atom is -0.492 e. The van der Waals surface area contributed by atoms with Gasteiger partial charge in [-0.2, -0.15) is 14.6 Å². The van der Waals surface area contributed by atoms with Crippen molar-refractivity contribution < 1.29 is 5.11 Å². The Morgan fingerprint density at radius 2 is 1.88 bits per heavy atom. The molecular weight excluding hydrogens is 302 g/mol. The first kappa shape index (κ1) is 14.6. The smallest absolute Gasteiger partial charge is 0.254 e. The Morgan fingerprint density at radius 1 is 1.08 bits per heavy atom. The molecule has 3 heterocycles. The third-order valence-electron chi connectivity index (χ3n) is 4.16. The quantitative estimate of drug-likeness (QED) is 0.804. The normalized spacial score (nSPS) is 14.7. The number of aliphatic imine (C=N–C) groups is 1. The summed E-state index contributed by atoms with van der Waals surface area (Å²) in [6.45, 7) is 4.08. The number of aryl methyl sites for hydroxylation is 2. The van der Waals surface area contributed by atoms with E-state index < -0.39 is 0 Å². The summed E-state index contributed by atoms with van der Waals surface area (Å²) >= 11 is 0. The van der Waals surface area contributed by atoms with Gasteiger partial charge in [-0.25, -0.2) is 4.98 Å². The zero-order chi connectivity index (χ0) is 16.7. The van der Waals surface area contributed by atoms with Crippen molar-refractivity contribution in [2.24, 2.45) is 4.99 Å². The molecule has 0 saturated carbocycles. The van der Waals surface area contributed by atoms with E-state index in [0.29, 0.717) is 11.5 Å². The summed E-state index contributed by atoms with van der Waals surface area (Å²) in [7, 11) is 0. The van der Waals surface area contributed by atoms with Gasteiger partial charge in [0.05, 0.1) is 17.1 Å². The van der Waals surface area contributed by atoms with Crippen LogP contribution in [0.2, 0.25) is 0 Å². The van der Waals surface area contributed by atoms with Crippen LogP contribution in [0.1, 0.15) is 36.5 Å². The van der Waals surface area contributed by atoms with Crippen molar-refractivity contribution in [3.63, 3.8) is 0 Å². The summed E-state index contributed by atoms with van der Waals surface area (Å²) < 4.78 is 1.61. The first-order valence-electron chi connectivity index (χ1n) is 8.04. The fourth-order valence-corrected chi connectivity index (χ4v) is 2.92. The van der Waals surface area contributed by atoms with Gasteiger partial charge in [-0.3, -0.25) is 4.99 Å². The van der Waals surface area contributed by atoms with Crippen molar-refractivity contribution in [3.8, 4) is 5.88 Å². The molecule has 0 unspecified atom stereocenters. The number of benzene rings is 1. The van der Waals surface area contributed by atoms with Gasteiger partial charge in [0.2, 0.25) is 5.88 Å². The standard InChI is InChI=1S/C18H17N5O/c1-3-13-14(4-2)22-23-16(17(24)21-18(23)20-13)9-11-10-19-15-8-6-5-7-12(11)15/h5-10,24H,3-4H2,1-2H3/b11-9+. The topological polar surface area (TPSA) is 75.7 Å². The van der Waals surface area contributed by atoms with Crippen molar-refractivity contribution >= 4 is 29.3 Å². The Bertz CT molecular complexity index is 1000. The van der Waals surface area contributed by atoms with Gasteiger partial charge in [-0.1, -0.05) is 32.0 Å². The zero-order valence-corrected chi connectivity index (χ0v) is 13.6. The van der Waals surface area contributed by atoms with Crippen molar-refractivity contribution in [2.75, 3.05) is 0 Å². The highest BCUT2D eigenvalue weighted by Gasteiger charge is 2.17. The second-order valence-corrected chi connectivity index (χ2v) is 5.62. The number of hydrogen-bond acceptors (Lipinski definition) is 5. The van der Waals surface area contributed by atoms with Gasteiger partial charge in [0.25, 0.3) is 5.78 Å². The summed E-state index contributed by atoms with van der Waals surface area (Å²) in [6, 6.07) is 7.89. The van der Waals surface area contributed by atoms with Crippen LogP contribution in [0.15, 0.2) is 29.3 Å². The highest BCUT2D eigenvalue weighted by atomic mass is 16.3. The molecule has 4 rings (SSSR count). The lowest BCUT2D eigenvalue weighted by Crippen LogP contribution is -2.06. The van der Waals surface area contributed by atoms with Gasteiger partial charge in [-0.15, -0.1) is 0 Å². The number of allylic oxidation sites excluding steroid dienone is 1. The van der Waals surface area contributed by atoms with Crippen molar-refractivity contribution in [3.05, 3.63) is 46.9 Å². The molecule has 1 aromatic carbocycles. The van der Waals surface area contributed by atoms with E-state index in [0.717, 1.165) is 41.1 Å². The monoisotopic (exact) mass is 319 g/mol. The average molecular weight is 319 g/mol. The molecule has 0 bridgehead atoms. The minimum atomic E-state index is -0.0735. The van der Waals surface area contributed by atoms with E-state index in [2.05, 4.69) is 20.1 Å². The van der Waals surface area contributed by atoms with E-state index in [9.17, 15) is 5.11 Å². The van der Waals surface area contributed by atoms with Crippen LogP contribution in [0.25, 0.3) is 17.4 Å². The van der Waals surface area contributed by atoms with Crippen molar-refractivity contribution in [1.29, 1.82) is 0 Å². The summed E-state index contributed by atoms with van der Waals surface area (Å²) in [4.78, 5) is 13.1. The Labute approximate surface area is 139 Å². The fourth-order valence-electron chi connectivity index (χ4n) is 2.92. The number of aromatic nitrogens is 4. The summed E-state index contributed by atoms with van der Waals surface area (Å²) in [6.07, 6.45) is 5.21. The highest BCUT2D eigenvalue weighted by molar-refractivity contribution is 6.21. The second kappa shape index (κ2) is 5.56. The minimum absolute atomic E-state index is 0.0735. The van der Waals surface area contributed by atoms with Crippen LogP contribution in [0, 0.1) is 0 Å². The molecule has 6 nitrogen and oxygen atoms in total. The maximum Gasteiger partial charge on any atom is 0.254 e. The molecule has 0 radical (unpaired) electrons. The molecule has 2 aromatic heterocycles. The number of aromatic hydroxyl groups is 1. The van der Waals surface area contributed by atoms with Crippen LogP contribution >= 0.6 is 0 Å². The van der Waals surface area contributed by atoms with Crippen LogP contribution in [0.3, 0.4) is 0 Å². The molecule has 3 aromatic rings. The summed E-state index contributed by atoms with van der Waals surface area (Å²) in [5.41, 5.74) is 5.23. The number of nitrogens with zero attached hydrogens (tertiary/aromatic N) is 5. The Morgan fingerprint density at radius 3 is 2.67 bits per heavy atom. The molecule has 0 spiro atoms. The van der Waals surface area contributed by atoms with E-state index >= 15 is 0 Å². The Balaban J connectivity index is 1.90. The number of para-hydroxylation sites is 1. The summed E-state index contributed by atoms with van der Waals surface area (Å²) in [5.74, 6) is 0.340. The third-order valence-corrected chi connectivity index (χ3v) is 4.16. The first-order valence-corrected chi connectivity index (χ1v) is 8.04. The Hall–Kier alpha value is -3.02. The van der Waals surface area contributed by atoms with Gasteiger partial charge >= 0.3 is 0 Å². The molecule has 24 heavy (non-hydrogen) atoms. The molecule has 1 N–H and O–H groups in total. The van der Waals surface area contributed by atoms with Crippen LogP contribution in [-0.2, 0) is 12.8 Å². The summed E-state index contributed by atoms with van der Waals surface area (Å²) in [5, 5.41) is 14.9. The SMILES string of the molecule is CCc1nc2nc(O)c(/C=C3\C=Nc4ccccc43)n2nc1CC. The lowest BCUT2D eigenvalue weighted by atomic mass is 10.1. The molecule has 0 atom stereocenters. The predicted octanol–water partition coefficient (Wildman–Crippen LogP) is 3.21. The van der Waals surface area contributed by atoms with Gasteiger partial charge in [0, 0.05) is 17.4 Å². The molecular formula is C18H17N5O. The van der Waals surface area contributed by atoms with E-state index in [1.165, 1.54) is 0 Å². The first-order chi connectivity index (χ1) is 11.7. The van der Waals surface area contributed by atoms with Gasteiger partial charge < -0.3 is 5.11 Å². The zero-order valence-electron chi connectivity index (χ0n) is 13.6. The number of fused-ring (bicyclic) bond motifs is 2. The molecule has 1 aliphatic heterocycles. The molecule has 0 fully saturated rings. The molecule has 1 aliphatic rings. The van der Waals surface area contributed by atoms with E-state index in [-0.39, 0.29) is 5.88 Å². The van der Waals surface area contributed by atoms with E-state index in [4.69, 9.17) is 0 Å². The molecule has 120 valence electrons. The van der Waals surface area contributed by atoms with Crippen LogP contribution in [0.5, 0.6) is 5.88 Å².